The van der Waals surface area contributed by atoms with Gasteiger partial charge in [0.15, 0.2) is 5.69 Å². The maximum atomic E-state index is 13.5. The first-order valence-electron chi connectivity index (χ1n) is 8.22. The minimum atomic E-state index is -0.620. The Labute approximate surface area is 148 Å². The Morgan fingerprint density at radius 2 is 1.81 bits per heavy atom. The average molecular weight is 357 g/mol. The molecule has 1 heterocycles. The molecule has 0 spiro atoms. The topological polar surface area (TPSA) is 64.0 Å². The van der Waals surface area contributed by atoms with Crippen LogP contribution in [0.25, 0.3) is 10.9 Å². The molecule has 0 atom stereocenters. The molecule has 0 bridgehead atoms. The summed E-state index contributed by atoms with van der Waals surface area (Å²) in [6.07, 6.45) is 0.482. The number of rotatable bonds is 5. The summed E-state index contributed by atoms with van der Waals surface area (Å²) >= 11 is 0. The third-order valence-corrected chi connectivity index (χ3v) is 4.04. The molecule has 1 N–H and O–H groups in total. The molecule has 0 radical (unpaired) electrons. The largest absolute Gasteiger partial charge is 0.350 e. The van der Waals surface area contributed by atoms with Crippen LogP contribution in [-0.4, -0.2) is 22.2 Å². The minimum absolute atomic E-state index is 0.116. The van der Waals surface area contributed by atoms with Crippen LogP contribution < -0.4 is 10.7 Å². The van der Waals surface area contributed by atoms with Crippen molar-refractivity contribution in [1.82, 2.24) is 15.1 Å². The Balaban J connectivity index is 1.82. The summed E-state index contributed by atoms with van der Waals surface area (Å²) in [5, 5.41) is 6.85. The SMILES string of the molecule is CCn1nc(C(=O)NCCc2ccc(F)cc2)c(=O)c2cc(F)ccc21. The highest BCUT2D eigenvalue weighted by Crippen LogP contribution is 2.12. The quantitative estimate of drug-likeness (QED) is 0.764. The minimum Gasteiger partial charge on any atom is -0.350 e. The molecule has 7 heteroatoms. The molecule has 0 aliphatic heterocycles. The molecule has 0 aliphatic rings. The van der Waals surface area contributed by atoms with Crippen LogP contribution in [0.15, 0.2) is 47.3 Å². The molecule has 2 aromatic carbocycles. The van der Waals surface area contributed by atoms with Crippen molar-refractivity contribution in [2.45, 2.75) is 19.9 Å². The molecule has 0 unspecified atom stereocenters. The molecule has 5 nitrogen and oxygen atoms in total. The highest BCUT2D eigenvalue weighted by molar-refractivity contribution is 5.95. The van der Waals surface area contributed by atoms with Crippen molar-refractivity contribution < 1.29 is 13.6 Å². The molecule has 0 saturated heterocycles. The third-order valence-electron chi connectivity index (χ3n) is 4.04. The number of benzene rings is 2. The Morgan fingerprint density at radius 3 is 2.50 bits per heavy atom. The zero-order chi connectivity index (χ0) is 18.7. The van der Waals surface area contributed by atoms with E-state index in [-0.39, 0.29) is 23.4 Å². The number of carbonyl (C=O) groups excluding carboxylic acids is 1. The van der Waals surface area contributed by atoms with Gasteiger partial charge in [0, 0.05) is 13.1 Å². The average Bonchev–Trinajstić information content (AvgIpc) is 2.64. The Hall–Kier alpha value is -3.09. The van der Waals surface area contributed by atoms with Gasteiger partial charge in [-0.25, -0.2) is 8.78 Å². The molecule has 3 rings (SSSR count). The lowest BCUT2D eigenvalue weighted by Gasteiger charge is -2.10. The van der Waals surface area contributed by atoms with Gasteiger partial charge in [0.05, 0.1) is 10.9 Å². The number of hydrogen-bond acceptors (Lipinski definition) is 3. The van der Waals surface area contributed by atoms with Gasteiger partial charge in [0.2, 0.25) is 5.43 Å². The van der Waals surface area contributed by atoms with Gasteiger partial charge in [-0.15, -0.1) is 0 Å². The lowest BCUT2D eigenvalue weighted by Crippen LogP contribution is -2.33. The number of aromatic nitrogens is 2. The number of hydrogen-bond donors (Lipinski definition) is 1. The molecule has 1 amide bonds. The van der Waals surface area contributed by atoms with Gasteiger partial charge in [-0.2, -0.15) is 5.10 Å². The fraction of sp³-hybridized carbons (Fsp3) is 0.211. The van der Waals surface area contributed by atoms with Crippen molar-refractivity contribution >= 4 is 16.8 Å². The van der Waals surface area contributed by atoms with Crippen LogP contribution in [0.2, 0.25) is 0 Å². The molecule has 0 fully saturated rings. The number of nitrogens with one attached hydrogen (secondary N) is 1. The molecular formula is C19H17F2N3O2. The first-order valence-corrected chi connectivity index (χ1v) is 8.22. The molecule has 3 aromatic rings. The zero-order valence-corrected chi connectivity index (χ0v) is 14.1. The summed E-state index contributed by atoms with van der Waals surface area (Å²) in [6.45, 7) is 2.51. The van der Waals surface area contributed by atoms with E-state index < -0.39 is 17.2 Å². The van der Waals surface area contributed by atoms with Crippen molar-refractivity contribution in [2.24, 2.45) is 0 Å². The van der Waals surface area contributed by atoms with Gasteiger partial charge in [0.25, 0.3) is 5.91 Å². The smallest absolute Gasteiger partial charge is 0.275 e. The van der Waals surface area contributed by atoms with Crippen LogP contribution in [0.4, 0.5) is 8.78 Å². The monoisotopic (exact) mass is 357 g/mol. The second kappa shape index (κ2) is 7.43. The second-order valence-corrected chi connectivity index (χ2v) is 5.79. The van der Waals surface area contributed by atoms with E-state index in [1.807, 2.05) is 6.92 Å². The molecule has 134 valence electrons. The van der Waals surface area contributed by atoms with Gasteiger partial charge >= 0.3 is 0 Å². The summed E-state index contributed by atoms with van der Waals surface area (Å²) in [5.41, 5.74) is 0.445. The molecule has 0 aliphatic carbocycles. The second-order valence-electron chi connectivity index (χ2n) is 5.79. The third kappa shape index (κ3) is 3.61. The number of amides is 1. The van der Waals surface area contributed by atoms with Crippen LogP contribution in [0.3, 0.4) is 0 Å². The summed E-state index contributed by atoms with van der Waals surface area (Å²) < 4.78 is 27.9. The molecular weight excluding hydrogens is 340 g/mol. The van der Waals surface area contributed by atoms with Crippen molar-refractivity contribution in [3.05, 3.63) is 75.6 Å². The van der Waals surface area contributed by atoms with E-state index in [4.69, 9.17) is 0 Å². The van der Waals surface area contributed by atoms with Crippen molar-refractivity contribution in [1.29, 1.82) is 0 Å². The van der Waals surface area contributed by atoms with Gasteiger partial charge in [0.1, 0.15) is 11.6 Å². The predicted molar refractivity (Wildman–Crippen MR) is 94.1 cm³/mol. The maximum Gasteiger partial charge on any atom is 0.275 e. The first-order chi connectivity index (χ1) is 12.5. The Morgan fingerprint density at radius 1 is 1.12 bits per heavy atom. The highest BCUT2D eigenvalue weighted by atomic mass is 19.1. The number of carbonyl (C=O) groups is 1. The summed E-state index contributed by atoms with van der Waals surface area (Å²) in [5.74, 6) is -1.50. The summed E-state index contributed by atoms with van der Waals surface area (Å²) in [6, 6.07) is 9.77. The van der Waals surface area contributed by atoms with Crippen LogP contribution >= 0.6 is 0 Å². The van der Waals surface area contributed by atoms with Crippen molar-refractivity contribution in [2.75, 3.05) is 6.54 Å². The van der Waals surface area contributed by atoms with Gasteiger partial charge in [-0.05, 0) is 49.2 Å². The predicted octanol–water partition coefficient (Wildman–Crippen LogP) is 2.67. The fourth-order valence-electron chi connectivity index (χ4n) is 2.71. The van der Waals surface area contributed by atoms with Crippen LogP contribution in [0, 0.1) is 11.6 Å². The number of halogens is 2. The van der Waals surface area contributed by atoms with E-state index in [1.165, 1.54) is 28.9 Å². The number of fused-ring (bicyclic) bond motifs is 1. The van der Waals surface area contributed by atoms with E-state index >= 15 is 0 Å². The lowest BCUT2D eigenvalue weighted by atomic mass is 10.1. The van der Waals surface area contributed by atoms with Crippen LogP contribution in [-0.2, 0) is 13.0 Å². The standard InChI is InChI=1S/C19H17F2N3O2/c1-2-24-16-8-7-14(21)11-15(16)18(25)17(23-24)19(26)22-10-9-12-3-5-13(20)6-4-12/h3-8,11H,2,9-10H2,1H3,(H,22,26). The highest BCUT2D eigenvalue weighted by Gasteiger charge is 2.17. The summed E-state index contributed by atoms with van der Waals surface area (Å²) in [7, 11) is 0. The molecule has 26 heavy (non-hydrogen) atoms. The number of aryl methyl sites for hydroxylation is 1. The van der Waals surface area contributed by atoms with Crippen molar-refractivity contribution in [3.63, 3.8) is 0 Å². The fourth-order valence-corrected chi connectivity index (χ4v) is 2.71. The Bertz CT molecular complexity index is 1010. The Kier molecular flexibility index (Phi) is 5.06. The van der Waals surface area contributed by atoms with E-state index in [1.54, 1.807) is 12.1 Å². The van der Waals surface area contributed by atoms with Crippen LogP contribution in [0.5, 0.6) is 0 Å². The molecule has 0 saturated carbocycles. The van der Waals surface area contributed by atoms with Crippen molar-refractivity contribution in [3.8, 4) is 0 Å². The zero-order valence-electron chi connectivity index (χ0n) is 14.1. The number of nitrogens with zero attached hydrogens (tertiary/aromatic N) is 2. The molecule has 1 aromatic heterocycles. The van der Waals surface area contributed by atoms with Gasteiger partial charge in [-0.3, -0.25) is 14.3 Å². The van der Waals surface area contributed by atoms with E-state index in [2.05, 4.69) is 10.4 Å². The van der Waals surface area contributed by atoms with Gasteiger partial charge < -0.3 is 5.32 Å². The van der Waals surface area contributed by atoms with E-state index in [0.29, 0.717) is 18.5 Å². The normalized spacial score (nSPS) is 10.9. The lowest BCUT2D eigenvalue weighted by molar-refractivity contribution is 0.0946. The van der Waals surface area contributed by atoms with Crippen LogP contribution in [0.1, 0.15) is 23.0 Å². The van der Waals surface area contributed by atoms with Gasteiger partial charge in [-0.1, -0.05) is 12.1 Å². The van der Waals surface area contributed by atoms with E-state index in [9.17, 15) is 18.4 Å². The first kappa shape index (κ1) is 17.7. The summed E-state index contributed by atoms with van der Waals surface area (Å²) in [4.78, 5) is 24.9. The maximum absolute atomic E-state index is 13.5. The van der Waals surface area contributed by atoms with E-state index in [0.717, 1.165) is 11.6 Å².